The molecule has 1 aromatic carbocycles. The van der Waals surface area contributed by atoms with Gasteiger partial charge >= 0.3 is 0 Å². The van der Waals surface area contributed by atoms with Gasteiger partial charge in [0.15, 0.2) is 0 Å². The Kier molecular flexibility index (Phi) is 3.60. The molecule has 1 N–H and O–H groups in total. The third-order valence-electron chi connectivity index (χ3n) is 3.95. The predicted molar refractivity (Wildman–Crippen MR) is 87.0 cm³/mol. The fourth-order valence-electron chi connectivity index (χ4n) is 2.78. The van der Waals surface area contributed by atoms with Crippen molar-refractivity contribution in [3.05, 3.63) is 58.1 Å². The minimum absolute atomic E-state index is 0.821. The van der Waals surface area contributed by atoms with Crippen LogP contribution in [0.15, 0.2) is 36.0 Å². The van der Waals surface area contributed by atoms with Crippen LogP contribution in [0.3, 0.4) is 0 Å². The molecule has 0 saturated carbocycles. The molecule has 0 saturated heterocycles. The number of hydrogen-bond acceptors (Lipinski definition) is 5. The lowest BCUT2D eigenvalue weighted by Gasteiger charge is -2.07. The van der Waals surface area contributed by atoms with Crippen LogP contribution in [-0.2, 0) is 25.9 Å². The third kappa shape index (κ3) is 2.74. The molecule has 0 atom stereocenters. The van der Waals surface area contributed by atoms with E-state index in [4.69, 9.17) is 0 Å². The van der Waals surface area contributed by atoms with E-state index in [-0.39, 0.29) is 0 Å². The Hall–Kier alpha value is -2.21. The molecule has 6 heteroatoms. The summed E-state index contributed by atoms with van der Waals surface area (Å²) in [6.45, 7) is 1.88. The summed E-state index contributed by atoms with van der Waals surface area (Å²) in [7, 11) is 0. The first-order valence-electron chi connectivity index (χ1n) is 7.49. The average Bonchev–Trinajstić information content (AvgIpc) is 3.26. The molecule has 0 spiro atoms. The summed E-state index contributed by atoms with van der Waals surface area (Å²) < 4.78 is 2.26. The van der Waals surface area contributed by atoms with Gasteiger partial charge in [0.05, 0.1) is 12.1 Å². The van der Waals surface area contributed by atoms with Crippen LogP contribution < -0.4 is 5.32 Å². The Bertz CT molecular complexity index is 745. The predicted octanol–water partition coefficient (Wildman–Crippen LogP) is 2.88. The number of anilines is 1. The molecule has 0 radical (unpaired) electrons. The molecule has 3 aromatic rings. The van der Waals surface area contributed by atoms with Crippen molar-refractivity contribution in [3.8, 4) is 0 Å². The number of hydrogen-bond donors (Lipinski definition) is 1. The van der Waals surface area contributed by atoms with Crippen LogP contribution in [0.4, 0.5) is 5.69 Å². The second-order valence-corrected chi connectivity index (χ2v) is 6.45. The van der Waals surface area contributed by atoms with Gasteiger partial charge in [-0.2, -0.15) is 0 Å². The summed E-state index contributed by atoms with van der Waals surface area (Å²) in [5.41, 5.74) is 4.26. The molecule has 5 nitrogen and oxygen atoms in total. The first-order chi connectivity index (χ1) is 10.9. The average molecular weight is 311 g/mol. The molecular formula is C16H17N5S. The maximum absolute atomic E-state index is 4.32. The first-order valence-corrected chi connectivity index (χ1v) is 8.37. The van der Waals surface area contributed by atoms with Crippen molar-refractivity contribution in [2.24, 2.45) is 0 Å². The molecule has 2 aromatic heterocycles. The summed E-state index contributed by atoms with van der Waals surface area (Å²) in [4.78, 5) is 5.32. The van der Waals surface area contributed by atoms with Gasteiger partial charge in [0, 0.05) is 36.1 Å². The lowest BCUT2D eigenvalue weighted by Crippen LogP contribution is -2.02. The Morgan fingerprint density at radius 2 is 2.09 bits per heavy atom. The quantitative estimate of drug-likeness (QED) is 0.787. The number of aromatic nitrogens is 4. The minimum Gasteiger partial charge on any atom is -0.380 e. The maximum Gasteiger partial charge on any atom is 0.137 e. The van der Waals surface area contributed by atoms with Gasteiger partial charge < -0.3 is 9.88 Å². The van der Waals surface area contributed by atoms with E-state index >= 15 is 0 Å². The van der Waals surface area contributed by atoms with Crippen LogP contribution in [0.2, 0.25) is 0 Å². The lowest BCUT2D eigenvalue weighted by atomic mass is 10.1. The topological polar surface area (TPSA) is 55.6 Å². The van der Waals surface area contributed by atoms with Gasteiger partial charge in [-0.05, 0) is 24.1 Å². The number of fused-ring (bicyclic) bond motifs is 1. The van der Waals surface area contributed by atoms with E-state index < -0.39 is 0 Å². The molecule has 1 aliphatic rings. The molecule has 3 heterocycles. The summed E-state index contributed by atoms with van der Waals surface area (Å²) in [5, 5.41) is 12.0. The standard InChI is InChI=1S/C16H17N5S/c1-2-15-19-20-16(21(15)7-1)8-12-3-5-13(6-4-12)18-10-14-9-17-11-22-14/h3-6,9,11,18H,1-2,7-8,10H2. The van der Waals surface area contributed by atoms with Crippen molar-refractivity contribution < 1.29 is 0 Å². The van der Waals surface area contributed by atoms with Gasteiger partial charge in [-0.25, -0.2) is 0 Å². The fraction of sp³-hybridized carbons (Fsp3) is 0.312. The van der Waals surface area contributed by atoms with E-state index in [0.29, 0.717) is 0 Å². The van der Waals surface area contributed by atoms with E-state index in [0.717, 1.165) is 43.3 Å². The van der Waals surface area contributed by atoms with E-state index in [1.807, 2.05) is 11.7 Å². The summed E-state index contributed by atoms with van der Waals surface area (Å²) in [6.07, 6.45) is 5.01. The summed E-state index contributed by atoms with van der Waals surface area (Å²) in [6, 6.07) is 8.56. The van der Waals surface area contributed by atoms with E-state index in [1.54, 1.807) is 11.3 Å². The summed E-state index contributed by atoms with van der Waals surface area (Å²) >= 11 is 1.67. The van der Waals surface area contributed by atoms with Crippen LogP contribution in [0.25, 0.3) is 0 Å². The minimum atomic E-state index is 0.821. The van der Waals surface area contributed by atoms with E-state index in [9.17, 15) is 0 Å². The largest absolute Gasteiger partial charge is 0.380 e. The fourth-order valence-corrected chi connectivity index (χ4v) is 3.32. The first kappa shape index (κ1) is 13.5. The molecule has 22 heavy (non-hydrogen) atoms. The molecular weight excluding hydrogens is 294 g/mol. The zero-order valence-electron chi connectivity index (χ0n) is 12.2. The zero-order valence-corrected chi connectivity index (χ0v) is 13.0. The number of rotatable bonds is 5. The lowest BCUT2D eigenvalue weighted by molar-refractivity contribution is 0.700. The number of benzene rings is 1. The smallest absolute Gasteiger partial charge is 0.137 e. The second kappa shape index (κ2) is 5.88. The van der Waals surface area contributed by atoms with Gasteiger partial charge in [-0.1, -0.05) is 12.1 Å². The Labute approximate surface area is 133 Å². The highest BCUT2D eigenvalue weighted by atomic mass is 32.1. The zero-order chi connectivity index (χ0) is 14.8. The van der Waals surface area contributed by atoms with Crippen molar-refractivity contribution in [1.82, 2.24) is 19.7 Å². The van der Waals surface area contributed by atoms with Gasteiger partial charge in [-0.3, -0.25) is 4.98 Å². The van der Waals surface area contributed by atoms with Crippen LogP contribution >= 0.6 is 11.3 Å². The molecule has 112 valence electrons. The molecule has 0 aliphatic carbocycles. The number of nitrogens with one attached hydrogen (secondary N) is 1. The maximum atomic E-state index is 4.32. The van der Waals surface area contributed by atoms with Gasteiger partial charge in [0.1, 0.15) is 11.6 Å². The second-order valence-electron chi connectivity index (χ2n) is 5.48. The van der Waals surface area contributed by atoms with Crippen molar-refractivity contribution in [2.45, 2.75) is 32.4 Å². The van der Waals surface area contributed by atoms with Crippen LogP contribution in [0, 0.1) is 0 Å². The highest BCUT2D eigenvalue weighted by Crippen LogP contribution is 2.18. The molecule has 0 unspecified atom stereocenters. The van der Waals surface area contributed by atoms with E-state index in [1.165, 1.54) is 16.9 Å². The Balaban J connectivity index is 1.41. The monoisotopic (exact) mass is 311 g/mol. The molecule has 0 fully saturated rings. The van der Waals surface area contributed by atoms with Crippen LogP contribution in [0.1, 0.15) is 28.5 Å². The van der Waals surface area contributed by atoms with Crippen molar-refractivity contribution >= 4 is 17.0 Å². The summed E-state index contributed by atoms with van der Waals surface area (Å²) in [5.74, 6) is 2.22. The molecule has 4 rings (SSSR count). The van der Waals surface area contributed by atoms with Crippen molar-refractivity contribution in [1.29, 1.82) is 0 Å². The molecule has 0 amide bonds. The highest BCUT2D eigenvalue weighted by molar-refractivity contribution is 7.09. The molecule has 1 aliphatic heterocycles. The Morgan fingerprint density at radius 3 is 2.91 bits per heavy atom. The highest BCUT2D eigenvalue weighted by Gasteiger charge is 2.17. The SMILES string of the molecule is c1ncc(CNc2ccc(Cc3nnc4n3CCC4)cc2)s1. The number of aryl methyl sites for hydroxylation is 1. The van der Waals surface area contributed by atoms with Gasteiger partial charge in [-0.15, -0.1) is 21.5 Å². The van der Waals surface area contributed by atoms with Crippen molar-refractivity contribution in [2.75, 3.05) is 5.32 Å². The molecule has 0 bridgehead atoms. The van der Waals surface area contributed by atoms with Crippen LogP contribution in [-0.4, -0.2) is 19.7 Å². The van der Waals surface area contributed by atoms with Crippen molar-refractivity contribution in [3.63, 3.8) is 0 Å². The Morgan fingerprint density at radius 1 is 1.18 bits per heavy atom. The van der Waals surface area contributed by atoms with Crippen LogP contribution in [0.5, 0.6) is 0 Å². The van der Waals surface area contributed by atoms with Gasteiger partial charge in [0.2, 0.25) is 0 Å². The number of nitrogens with zero attached hydrogens (tertiary/aromatic N) is 4. The normalized spacial score (nSPS) is 13.3. The number of thiazole rings is 1. The third-order valence-corrected chi connectivity index (χ3v) is 4.73. The van der Waals surface area contributed by atoms with Gasteiger partial charge in [0.25, 0.3) is 0 Å². The van der Waals surface area contributed by atoms with E-state index in [2.05, 4.69) is 49.3 Å².